The Morgan fingerprint density at radius 3 is 2.43 bits per heavy atom. The summed E-state index contributed by atoms with van der Waals surface area (Å²) in [7, 11) is 0. The topological polar surface area (TPSA) is 78.9 Å². The molecule has 1 atom stereocenters. The van der Waals surface area contributed by atoms with Crippen molar-refractivity contribution in [3.05, 3.63) is 58.9 Å². The number of carbonyl (C=O) groups is 2. The van der Waals surface area contributed by atoms with E-state index in [0.717, 1.165) is 36.4 Å². The Morgan fingerprint density at radius 1 is 1.21 bits per heavy atom. The van der Waals surface area contributed by atoms with Gasteiger partial charge in [0, 0.05) is 16.3 Å². The molecule has 0 aliphatic carbocycles. The van der Waals surface area contributed by atoms with Crippen molar-refractivity contribution < 1.29 is 37.0 Å². The van der Waals surface area contributed by atoms with Crippen LogP contribution in [0.25, 0.3) is 0 Å². The predicted molar refractivity (Wildman–Crippen MR) is 91.1 cm³/mol. The van der Waals surface area contributed by atoms with Crippen LogP contribution in [0.4, 0.5) is 38.5 Å². The number of amides is 2. The number of benzene rings is 2. The minimum Gasteiger partial charge on any atom is -0.465 e. The van der Waals surface area contributed by atoms with E-state index in [4.69, 9.17) is 11.6 Å². The van der Waals surface area contributed by atoms with Crippen molar-refractivity contribution in [2.24, 2.45) is 0 Å². The van der Waals surface area contributed by atoms with E-state index < -0.39 is 41.9 Å². The maximum atomic E-state index is 14.2. The highest BCUT2D eigenvalue weighted by Gasteiger charge is 2.63. The molecule has 28 heavy (non-hydrogen) atoms. The second-order valence-corrected chi connectivity index (χ2v) is 6.31. The van der Waals surface area contributed by atoms with Gasteiger partial charge in [-0.3, -0.25) is 10.2 Å². The number of nitrogens with zero attached hydrogens (tertiary/aromatic N) is 1. The van der Waals surface area contributed by atoms with E-state index in [9.17, 15) is 32.3 Å². The molecule has 0 saturated carbocycles. The molecule has 1 aliphatic rings. The van der Waals surface area contributed by atoms with Gasteiger partial charge in [0.25, 0.3) is 5.60 Å². The second-order valence-electron chi connectivity index (χ2n) is 5.87. The van der Waals surface area contributed by atoms with Gasteiger partial charge in [-0.15, -0.1) is 0 Å². The van der Waals surface area contributed by atoms with Crippen molar-refractivity contribution in [1.29, 1.82) is 0 Å². The normalized spacial score (nSPS) is 18.7. The molecule has 0 saturated heterocycles. The van der Waals surface area contributed by atoms with Crippen LogP contribution in [-0.4, -0.2) is 30.0 Å². The molecule has 2 amide bonds. The second kappa shape index (κ2) is 6.86. The molecule has 2 aromatic carbocycles. The van der Waals surface area contributed by atoms with Gasteiger partial charge in [-0.25, -0.2) is 14.0 Å². The van der Waals surface area contributed by atoms with Crippen LogP contribution in [0.5, 0.6) is 0 Å². The van der Waals surface area contributed by atoms with Gasteiger partial charge in [-0.1, -0.05) is 11.6 Å². The number of nitrogens with one attached hydrogen (secondary N) is 1. The molecule has 0 fully saturated rings. The number of halogens is 5. The van der Waals surface area contributed by atoms with Gasteiger partial charge in [0.15, 0.2) is 0 Å². The van der Waals surface area contributed by atoms with E-state index in [1.165, 1.54) is 6.07 Å². The third-order valence-electron chi connectivity index (χ3n) is 4.13. The summed E-state index contributed by atoms with van der Waals surface area (Å²) >= 11 is 5.82. The lowest BCUT2D eigenvalue weighted by Crippen LogP contribution is -2.57. The molecule has 1 heterocycles. The zero-order chi connectivity index (χ0) is 20.7. The number of cyclic esters (lactones) is 1. The van der Waals surface area contributed by atoms with E-state index in [1.54, 1.807) is 0 Å². The zero-order valence-electron chi connectivity index (χ0n) is 13.8. The van der Waals surface area contributed by atoms with Gasteiger partial charge >= 0.3 is 18.4 Å². The van der Waals surface area contributed by atoms with Gasteiger partial charge in [-0.2, -0.15) is 13.2 Å². The molecule has 1 aliphatic heterocycles. The molecular weight excluding hydrogens is 408 g/mol. The molecule has 0 aromatic heterocycles. The van der Waals surface area contributed by atoms with Gasteiger partial charge < -0.3 is 9.84 Å². The summed E-state index contributed by atoms with van der Waals surface area (Å²) in [6, 6.07) is 7.14. The Morgan fingerprint density at radius 2 is 1.86 bits per heavy atom. The smallest absolute Gasteiger partial charge is 0.434 e. The standard InChI is InChI=1S/C17H11ClF4N2O4/c18-9-1-6-13-12(7-9)16(17(20,21)22,28-14(25)23-13)8-24(15(26)27)11-4-2-10(19)3-5-11/h1-7H,8H2,(H,23,25)(H,26,27). The summed E-state index contributed by atoms with van der Waals surface area (Å²) < 4.78 is 60.2. The quantitative estimate of drug-likeness (QED) is 0.689. The summed E-state index contributed by atoms with van der Waals surface area (Å²) in [5.41, 5.74) is -4.35. The van der Waals surface area contributed by atoms with Crippen molar-refractivity contribution in [2.75, 3.05) is 16.8 Å². The molecule has 0 spiro atoms. The third kappa shape index (κ3) is 3.42. The van der Waals surface area contributed by atoms with Crippen LogP contribution in [0.15, 0.2) is 42.5 Å². The monoisotopic (exact) mass is 418 g/mol. The van der Waals surface area contributed by atoms with E-state index >= 15 is 0 Å². The average molecular weight is 419 g/mol. The lowest BCUT2D eigenvalue weighted by atomic mass is 9.89. The van der Waals surface area contributed by atoms with Crippen LogP contribution < -0.4 is 10.2 Å². The number of alkyl halides is 3. The Bertz CT molecular complexity index is 936. The maximum Gasteiger partial charge on any atom is 0.434 e. The fourth-order valence-electron chi connectivity index (χ4n) is 2.84. The maximum absolute atomic E-state index is 14.2. The zero-order valence-corrected chi connectivity index (χ0v) is 14.5. The van der Waals surface area contributed by atoms with E-state index in [-0.39, 0.29) is 16.4 Å². The number of anilines is 2. The Kier molecular flexibility index (Phi) is 4.84. The minimum atomic E-state index is -5.20. The highest BCUT2D eigenvalue weighted by atomic mass is 35.5. The molecule has 3 rings (SSSR count). The van der Waals surface area contributed by atoms with Crippen molar-refractivity contribution in [1.82, 2.24) is 0 Å². The number of ether oxygens (including phenoxy) is 1. The Labute approximate surface area is 160 Å². The largest absolute Gasteiger partial charge is 0.465 e. The van der Waals surface area contributed by atoms with Crippen molar-refractivity contribution in [2.45, 2.75) is 11.8 Å². The summed E-state index contributed by atoms with van der Waals surface area (Å²) in [6.07, 6.45) is -8.36. The first kappa shape index (κ1) is 19.7. The first-order valence-corrected chi connectivity index (χ1v) is 8.04. The highest BCUT2D eigenvalue weighted by molar-refractivity contribution is 6.30. The van der Waals surface area contributed by atoms with Crippen molar-refractivity contribution in [3.8, 4) is 0 Å². The first-order valence-electron chi connectivity index (χ1n) is 7.66. The number of rotatable bonds is 3. The lowest BCUT2D eigenvalue weighted by Gasteiger charge is -2.41. The van der Waals surface area contributed by atoms with Crippen molar-refractivity contribution >= 4 is 35.2 Å². The Hall–Kier alpha value is -3.01. The highest BCUT2D eigenvalue weighted by Crippen LogP contribution is 2.49. The van der Waals surface area contributed by atoms with Gasteiger partial charge in [-0.05, 0) is 42.5 Å². The van der Waals surface area contributed by atoms with Crippen LogP contribution in [0, 0.1) is 5.82 Å². The fraction of sp³-hybridized carbons (Fsp3) is 0.176. The minimum absolute atomic E-state index is 0.0734. The van der Waals surface area contributed by atoms with Crippen LogP contribution in [0.3, 0.4) is 0 Å². The van der Waals surface area contributed by atoms with Crippen molar-refractivity contribution in [3.63, 3.8) is 0 Å². The van der Waals surface area contributed by atoms with Crippen LogP contribution >= 0.6 is 11.6 Å². The number of hydrogen-bond donors (Lipinski definition) is 2. The van der Waals surface area contributed by atoms with Crippen LogP contribution in [-0.2, 0) is 10.3 Å². The number of carbonyl (C=O) groups excluding carboxylic acids is 1. The SMILES string of the molecule is O=C1Nc2ccc(Cl)cc2C(CN(C(=O)O)c2ccc(F)cc2)(C(F)(F)F)O1. The van der Waals surface area contributed by atoms with Crippen LogP contribution in [0.2, 0.25) is 5.02 Å². The first-order chi connectivity index (χ1) is 13.0. The van der Waals surface area contributed by atoms with E-state index in [1.807, 2.05) is 0 Å². The molecule has 2 aromatic rings. The summed E-state index contributed by atoms with van der Waals surface area (Å²) in [5.74, 6) is -0.704. The molecule has 2 N–H and O–H groups in total. The molecular formula is C17H11ClF4N2O4. The summed E-state index contributed by atoms with van der Waals surface area (Å²) in [6.45, 7) is -1.32. The van der Waals surface area contributed by atoms with Gasteiger partial charge in [0.2, 0.25) is 0 Å². The molecule has 6 nitrogen and oxygen atoms in total. The van der Waals surface area contributed by atoms with Crippen LogP contribution in [0.1, 0.15) is 5.56 Å². The van der Waals surface area contributed by atoms with E-state index in [0.29, 0.717) is 4.90 Å². The van der Waals surface area contributed by atoms with Gasteiger partial charge in [0.05, 0.1) is 12.2 Å². The molecule has 148 valence electrons. The number of fused-ring (bicyclic) bond motifs is 1. The average Bonchev–Trinajstić information content (AvgIpc) is 2.59. The number of hydrogen-bond acceptors (Lipinski definition) is 3. The summed E-state index contributed by atoms with van der Waals surface area (Å²) in [5, 5.41) is 11.5. The summed E-state index contributed by atoms with van der Waals surface area (Å²) in [4.78, 5) is 23.8. The van der Waals surface area contributed by atoms with Gasteiger partial charge in [0.1, 0.15) is 5.82 Å². The molecule has 11 heteroatoms. The fourth-order valence-corrected chi connectivity index (χ4v) is 3.01. The molecule has 1 unspecified atom stereocenters. The Balaban J connectivity index is 2.18. The third-order valence-corrected chi connectivity index (χ3v) is 4.36. The molecule has 0 bridgehead atoms. The lowest BCUT2D eigenvalue weighted by molar-refractivity contribution is -0.260. The number of carboxylic acid groups (broad SMARTS) is 1. The van der Waals surface area contributed by atoms with E-state index in [2.05, 4.69) is 10.1 Å². The predicted octanol–water partition coefficient (Wildman–Crippen LogP) is 4.98. The molecule has 0 radical (unpaired) electrons.